The average molecular weight is 316 g/mol. The van der Waals surface area contributed by atoms with Gasteiger partial charge in [0.15, 0.2) is 0 Å². The number of halogens is 3. The Morgan fingerprint density at radius 2 is 1.77 bits per heavy atom. The molecule has 0 spiro atoms. The van der Waals surface area contributed by atoms with E-state index >= 15 is 0 Å². The van der Waals surface area contributed by atoms with Crippen LogP contribution in [0.15, 0.2) is 24.3 Å². The van der Waals surface area contributed by atoms with E-state index in [4.69, 9.17) is 0 Å². The molecule has 2 rings (SSSR count). The molecule has 0 radical (unpaired) electrons. The third-order valence-electron chi connectivity index (χ3n) is 4.26. The molecule has 0 aromatic heterocycles. The number of benzene rings is 1. The number of alkyl halides is 3. The summed E-state index contributed by atoms with van der Waals surface area (Å²) in [5.41, 5.74) is 0.227. The van der Waals surface area contributed by atoms with Crippen LogP contribution in [0.3, 0.4) is 0 Å². The summed E-state index contributed by atoms with van der Waals surface area (Å²) >= 11 is 0. The fourth-order valence-corrected chi connectivity index (χ4v) is 2.91. The standard InChI is InChI=1S/C16H23F3N2O/c1-20-8-6-15(7-9-20)21(10-11-22)12-13-2-4-14(5-3-13)16(17,18)19/h2-5,15,22H,6-12H2,1H3. The van der Waals surface area contributed by atoms with Gasteiger partial charge in [0.2, 0.25) is 0 Å². The third kappa shape index (κ3) is 4.69. The van der Waals surface area contributed by atoms with E-state index in [1.165, 1.54) is 12.1 Å². The molecule has 0 bridgehead atoms. The SMILES string of the molecule is CN1CCC(N(CCO)Cc2ccc(C(F)(F)F)cc2)CC1. The van der Waals surface area contributed by atoms with Crippen molar-refractivity contribution >= 4 is 0 Å². The fraction of sp³-hybridized carbons (Fsp3) is 0.625. The Balaban J connectivity index is 2.01. The van der Waals surface area contributed by atoms with Crippen LogP contribution in [0.5, 0.6) is 0 Å². The van der Waals surface area contributed by atoms with Crippen LogP contribution in [0.25, 0.3) is 0 Å². The lowest BCUT2D eigenvalue weighted by Gasteiger charge is -2.37. The number of rotatable bonds is 5. The molecule has 1 aliphatic heterocycles. The van der Waals surface area contributed by atoms with Crippen LogP contribution in [0.4, 0.5) is 13.2 Å². The summed E-state index contributed by atoms with van der Waals surface area (Å²) in [6, 6.07) is 5.69. The number of hydrogen-bond donors (Lipinski definition) is 1. The van der Waals surface area contributed by atoms with Crippen LogP contribution < -0.4 is 0 Å². The van der Waals surface area contributed by atoms with E-state index in [0.29, 0.717) is 19.1 Å². The maximum absolute atomic E-state index is 12.6. The van der Waals surface area contributed by atoms with E-state index in [0.717, 1.165) is 43.6 Å². The Kier molecular flexibility index (Phi) is 5.83. The van der Waals surface area contributed by atoms with Crippen LogP contribution in [0.2, 0.25) is 0 Å². The summed E-state index contributed by atoms with van der Waals surface area (Å²) < 4.78 is 37.7. The fourth-order valence-electron chi connectivity index (χ4n) is 2.91. The predicted octanol–water partition coefficient (Wildman–Crippen LogP) is 2.59. The molecular formula is C16H23F3N2O. The highest BCUT2D eigenvalue weighted by Gasteiger charge is 2.30. The van der Waals surface area contributed by atoms with Gasteiger partial charge >= 0.3 is 6.18 Å². The highest BCUT2D eigenvalue weighted by atomic mass is 19.4. The molecule has 1 aromatic rings. The molecule has 3 nitrogen and oxygen atoms in total. The number of likely N-dealkylation sites (tertiary alicyclic amines) is 1. The molecule has 1 saturated heterocycles. The summed E-state index contributed by atoms with van der Waals surface area (Å²) in [4.78, 5) is 4.45. The predicted molar refractivity (Wildman–Crippen MR) is 79.5 cm³/mol. The monoisotopic (exact) mass is 316 g/mol. The van der Waals surface area contributed by atoms with E-state index in [9.17, 15) is 18.3 Å². The zero-order valence-corrected chi connectivity index (χ0v) is 12.8. The van der Waals surface area contributed by atoms with Crippen molar-refractivity contribution < 1.29 is 18.3 Å². The first-order chi connectivity index (χ1) is 10.4. The van der Waals surface area contributed by atoms with Crippen molar-refractivity contribution in [3.63, 3.8) is 0 Å². The van der Waals surface area contributed by atoms with Gasteiger partial charge in [0.1, 0.15) is 0 Å². The van der Waals surface area contributed by atoms with Crippen LogP contribution in [-0.2, 0) is 12.7 Å². The summed E-state index contributed by atoms with van der Waals surface area (Å²) in [7, 11) is 2.09. The Hall–Kier alpha value is -1.11. The smallest absolute Gasteiger partial charge is 0.395 e. The van der Waals surface area contributed by atoms with E-state index in [1.807, 2.05) is 0 Å². The van der Waals surface area contributed by atoms with Gasteiger partial charge in [0.25, 0.3) is 0 Å². The molecule has 1 heterocycles. The maximum Gasteiger partial charge on any atom is 0.416 e. The lowest BCUT2D eigenvalue weighted by atomic mass is 10.0. The lowest BCUT2D eigenvalue weighted by molar-refractivity contribution is -0.137. The Labute approximate surface area is 129 Å². The van der Waals surface area contributed by atoms with Crippen LogP contribution in [0, 0.1) is 0 Å². The third-order valence-corrected chi connectivity index (χ3v) is 4.26. The summed E-state index contributed by atoms with van der Waals surface area (Å²) in [5.74, 6) is 0. The molecule has 1 N–H and O–H groups in total. The number of nitrogens with zero attached hydrogens (tertiary/aromatic N) is 2. The van der Waals surface area contributed by atoms with Crippen molar-refractivity contribution in [2.24, 2.45) is 0 Å². The van der Waals surface area contributed by atoms with Gasteiger partial charge in [0.05, 0.1) is 12.2 Å². The highest BCUT2D eigenvalue weighted by Crippen LogP contribution is 2.29. The molecular weight excluding hydrogens is 293 g/mol. The van der Waals surface area contributed by atoms with Crippen LogP contribution in [-0.4, -0.2) is 54.2 Å². The lowest BCUT2D eigenvalue weighted by Crippen LogP contribution is -2.44. The number of aliphatic hydroxyl groups is 1. The topological polar surface area (TPSA) is 26.7 Å². The molecule has 0 aliphatic carbocycles. The van der Waals surface area contributed by atoms with Gasteiger partial charge in [-0.2, -0.15) is 13.2 Å². The minimum atomic E-state index is -4.29. The van der Waals surface area contributed by atoms with Gasteiger partial charge in [-0.1, -0.05) is 12.1 Å². The number of hydrogen-bond acceptors (Lipinski definition) is 3. The molecule has 0 atom stereocenters. The zero-order valence-electron chi connectivity index (χ0n) is 12.8. The van der Waals surface area contributed by atoms with Crippen molar-refractivity contribution in [2.45, 2.75) is 31.6 Å². The van der Waals surface area contributed by atoms with Gasteiger partial charge in [0, 0.05) is 19.1 Å². The average Bonchev–Trinajstić information content (AvgIpc) is 2.47. The molecule has 1 fully saturated rings. The minimum absolute atomic E-state index is 0.0625. The number of piperidine rings is 1. The Morgan fingerprint density at radius 1 is 1.18 bits per heavy atom. The Bertz CT molecular complexity index is 453. The first-order valence-corrected chi connectivity index (χ1v) is 7.59. The van der Waals surface area contributed by atoms with Gasteiger partial charge in [-0.3, -0.25) is 4.90 Å². The molecule has 0 saturated carbocycles. The van der Waals surface area contributed by atoms with Crippen molar-refractivity contribution in [1.82, 2.24) is 9.80 Å². The largest absolute Gasteiger partial charge is 0.416 e. The normalized spacial score (nSPS) is 18.1. The van der Waals surface area contributed by atoms with E-state index in [-0.39, 0.29) is 6.61 Å². The van der Waals surface area contributed by atoms with E-state index in [2.05, 4.69) is 16.8 Å². The highest BCUT2D eigenvalue weighted by molar-refractivity contribution is 5.24. The molecule has 0 unspecified atom stereocenters. The Morgan fingerprint density at radius 3 is 2.27 bits per heavy atom. The van der Waals surface area contributed by atoms with Crippen LogP contribution in [0.1, 0.15) is 24.0 Å². The molecule has 0 amide bonds. The quantitative estimate of drug-likeness (QED) is 0.904. The van der Waals surface area contributed by atoms with Crippen molar-refractivity contribution in [2.75, 3.05) is 33.3 Å². The van der Waals surface area contributed by atoms with Crippen molar-refractivity contribution in [3.8, 4) is 0 Å². The van der Waals surface area contributed by atoms with Gasteiger partial charge < -0.3 is 10.0 Å². The second kappa shape index (κ2) is 7.44. The van der Waals surface area contributed by atoms with Crippen molar-refractivity contribution in [1.29, 1.82) is 0 Å². The first-order valence-electron chi connectivity index (χ1n) is 7.59. The summed E-state index contributed by atoms with van der Waals surface area (Å²) in [6.07, 6.45) is -2.24. The zero-order chi connectivity index (χ0) is 16.2. The maximum atomic E-state index is 12.6. The number of aliphatic hydroxyl groups excluding tert-OH is 1. The second-order valence-electron chi connectivity index (χ2n) is 5.92. The second-order valence-corrected chi connectivity index (χ2v) is 5.92. The summed E-state index contributed by atoms with van der Waals surface area (Å²) in [5, 5.41) is 9.25. The van der Waals surface area contributed by atoms with Gasteiger partial charge in [-0.25, -0.2) is 0 Å². The molecule has 1 aromatic carbocycles. The minimum Gasteiger partial charge on any atom is -0.395 e. The van der Waals surface area contributed by atoms with Gasteiger partial charge in [-0.15, -0.1) is 0 Å². The molecule has 1 aliphatic rings. The van der Waals surface area contributed by atoms with Gasteiger partial charge in [-0.05, 0) is 50.7 Å². The molecule has 124 valence electrons. The molecule has 6 heteroatoms. The van der Waals surface area contributed by atoms with E-state index < -0.39 is 11.7 Å². The van der Waals surface area contributed by atoms with E-state index in [1.54, 1.807) is 0 Å². The van der Waals surface area contributed by atoms with Crippen LogP contribution >= 0.6 is 0 Å². The first kappa shape index (κ1) is 17.2. The van der Waals surface area contributed by atoms with Crippen molar-refractivity contribution in [3.05, 3.63) is 35.4 Å². The molecule has 22 heavy (non-hydrogen) atoms. The summed E-state index contributed by atoms with van der Waals surface area (Å²) in [6.45, 7) is 3.22.